The molecule has 0 unspecified atom stereocenters. The summed E-state index contributed by atoms with van der Waals surface area (Å²) >= 11 is 0. The van der Waals surface area contributed by atoms with Crippen LogP contribution >= 0.6 is 0 Å². The minimum atomic E-state index is 0.659. The molecule has 0 bridgehead atoms. The van der Waals surface area contributed by atoms with Gasteiger partial charge in [0.1, 0.15) is 0 Å². The zero-order valence-electron chi connectivity index (χ0n) is 25.6. The third kappa shape index (κ3) is 41.4. The molecule has 34 heavy (non-hydrogen) atoms. The fourth-order valence-corrected chi connectivity index (χ4v) is 2.76. The highest BCUT2D eigenvalue weighted by atomic mass is 16.5. The van der Waals surface area contributed by atoms with Crippen LogP contribution in [0.25, 0.3) is 0 Å². The number of benzene rings is 1. The summed E-state index contributed by atoms with van der Waals surface area (Å²) in [7, 11) is 0. The summed E-state index contributed by atoms with van der Waals surface area (Å²) < 4.78 is 4.94. The van der Waals surface area contributed by atoms with Crippen molar-refractivity contribution in [3.05, 3.63) is 35.9 Å². The topological polar surface area (TPSA) is 9.23 Å². The van der Waals surface area contributed by atoms with E-state index in [0.29, 0.717) is 5.92 Å². The average Bonchev–Trinajstić information content (AvgIpc) is 3.23. The Hall–Kier alpha value is -0.820. The highest BCUT2D eigenvalue weighted by Crippen LogP contribution is 2.31. The zero-order chi connectivity index (χ0) is 26.6. The van der Waals surface area contributed by atoms with Crippen molar-refractivity contribution in [3.8, 4) is 0 Å². The molecule has 1 aromatic carbocycles. The van der Waals surface area contributed by atoms with E-state index >= 15 is 0 Å². The molecule has 0 amide bonds. The van der Waals surface area contributed by atoms with Crippen molar-refractivity contribution < 1.29 is 4.74 Å². The lowest BCUT2D eigenvalue weighted by Gasteiger charge is -2.01. The molecule has 0 atom stereocenters. The first-order valence-electron chi connectivity index (χ1n) is 14.8. The summed E-state index contributed by atoms with van der Waals surface area (Å²) in [5.41, 5.74) is 1.41. The van der Waals surface area contributed by atoms with Crippen LogP contribution in [0.4, 0.5) is 0 Å². The molecular formula is C33H66O. The summed E-state index contributed by atoms with van der Waals surface area (Å²) in [5, 5.41) is 0. The fourth-order valence-electron chi connectivity index (χ4n) is 2.76. The summed E-state index contributed by atoms with van der Waals surface area (Å²) in [6.07, 6.45) is 14.5. The third-order valence-corrected chi connectivity index (χ3v) is 4.82. The average molecular weight is 479 g/mol. The van der Waals surface area contributed by atoms with E-state index < -0.39 is 0 Å². The van der Waals surface area contributed by atoms with Gasteiger partial charge in [0.15, 0.2) is 0 Å². The molecule has 1 aliphatic heterocycles. The van der Waals surface area contributed by atoms with Crippen LogP contribution < -0.4 is 0 Å². The van der Waals surface area contributed by atoms with Gasteiger partial charge in [-0.25, -0.2) is 0 Å². The van der Waals surface area contributed by atoms with Crippen molar-refractivity contribution in [2.75, 3.05) is 13.2 Å². The molecule has 0 spiro atoms. The van der Waals surface area contributed by atoms with Crippen molar-refractivity contribution >= 4 is 0 Å². The summed E-state index contributed by atoms with van der Waals surface area (Å²) in [5.74, 6) is 3.46. The minimum absolute atomic E-state index is 0.659. The van der Waals surface area contributed by atoms with Gasteiger partial charge in [0.05, 0.1) is 0 Å². The van der Waals surface area contributed by atoms with Crippen LogP contribution in [0.1, 0.15) is 152 Å². The van der Waals surface area contributed by atoms with Crippen LogP contribution in [-0.4, -0.2) is 13.2 Å². The Labute approximate surface area is 217 Å². The van der Waals surface area contributed by atoms with Crippen LogP contribution in [-0.2, 0) is 4.74 Å². The Bertz CT molecular complexity index is 400. The Morgan fingerprint density at radius 3 is 1.15 bits per heavy atom. The SMILES string of the molecule is C1CCCC1.C1CCOC1.CC.CC(C)C.CC(C)C.CC(C)c1ccccc1.CCC1CC1. The van der Waals surface area contributed by atoms with Gasteiger partial charge in [0, 0.05) is 13.2 Å². The van der Waals surface area contributed by atoms with Gasteiger partial charge in [-0.2, -0.15) is 0 Å². The number of rotatable bonds is 2. The van der Waals surface area contributed by atoms with Crippen LogP contribution in [0.5, 0.6) is 0 Å². The summed E-state index contributed by atoms with van der Waals surface area (Å²) in [6, 6.07) is 10.5. The lowest BCUT2D eigenvalue weighted by atomic mass is 10.0. The monoisotopic (exact) mass is 479 g/mol. The molecule has 204 valence electrons. The maximum absolute atomic E-state index is 4.94. The number of hydrogen-bond donors (Lipinski definition) is 0. The second kappa shape index (κ2) is 30.2. The van der Waals surface area contributed by atoms with Crippen molar-refractivity contribution in [1.29, 1.82) is 0 Å². The first kappa shape index (κ1) is 37.7. The molecule has 1 heteroatoms. The van der Waals surface area contributed by atoms with Gasteiger partial charge in [-0.05, 0) is 42.1 Å². The van der Waals surface area contributed by atoms with E-state index in [9.17, 15) is 0 Å². The second-order valence-electron chi connectivity index (χ2n) is 11.0. The largest absolute Gasteiger partial charge is 0.381 e. The predicted octanol–water partition coefficient (Wildman–Crippen LogP) is 11.7. The molecule has 2 saturated carbocycles. The highest BCUT2D eigenvalue weighted by Gasteiger charge is 2.17. The zero-order valence-corrected chi connectivity index (χ0v) is 25.6. The van der Waals surface area contributed by atoms with Gasteiger partial charge < -0.3 is 4.74 Å². The number of ether oxygens (including phenoxy) is 1. The van der Waals surface area contributed by atoms with Crippen LogP contribution in [0, 0.1) is 17.8 Å². The molecule has 3 aliphatic rings. The quantitative estimate of drug-likeness (QED) is 0.410. The van der Waals surface area contributed by atoms with E-state index in [2.05, 4.69) is 86.6 Å². The summed E-state index contributed by atoms with van der Waals surface area (Å²) in [6.45, 7) is 25.7. The van der Waals surface area contributed by atoms with Gasteiger partial charge in [-0.3, -0.25) is 0 Å². The fraction of sp³-hybridized carbons (Fsp3) is 0.818. The molecule has 1 saturated heterocycles. The van der Waals surface area contributed by atoms with E-state index in [1.807, 2.05) is 19.9 Å². The standard InChI is InChI=1S/C9H12.2C5H10.C4H8O.2C4H10.C2H6/c1-8(2)9-6-4-3-5-7-9;1-2-5-3-4-5;2*1-2-4-5-3-1;2*1-4(2)3;1-2/h3-8H,1-2H3;5H,2-4H2,1H3;1-5H2;1-4H2;2*4H,1-3H3;1-2H3. The van der Waals surface area contributed by atoms with E-state index in [4.69, 9.17) is 4.74 Å². The smallest absolute Gasteiger partial charge is 0.0466 e. The van der Waals surface area contributed by atoms with E-state index in [1.54, 1.807) is 0 Å². The molecule has 1 heterocycles. The molecular weight excluding hydrogens is 412 g/mol. The van der Waals surface area contributed by atoms with Crippen molar-refractivity contribution in [3.63, 3.8) is 0 Å². The van der Waals surface area contributed by atoms with Gasteiger partial charge >= 0.3 is 0 Å². The highest BCUT2D eigenvalue weighted by molar-refractivity contribution is 5.17. The summed E-state index contributed by atoms with van der Waals surface area (Å²) in [4.78, 5) is 0. The molecule has 1 aromatic rings. The van der Waals surface area contributed by atoms with Crippen LogP contribution in [0.2, 0.25) is 0 Å². The van der Waals surface area contributed by atoms with Gasteiger partial charge in [-0.1, -0.05) is 158 Å². The van der Waals surface area contributed by atoms with E-state index in [1.165, 1.54) is 69.8 Å². The predicted molar refractivity (Wildman–Crippen MR) is 159 cm³/mol. The Balaban J connectivity index is -0.000000344. The van der Waals surface area contributed by atoms with Gasteiger partial charge in [0.2, 0.25) is 0 Å². The maximum atomic E-state index is 4.94. The molecule has 3 fully saturated rings. The minimum Gasteiger partial charge on any atom is -0.381 e. The van der Waals surface area contributed by atoms with E-state index in [-0.39, 0.29) is 0 Å². The Kier molecular flexibility index (Phi) is 33.5. The first-order chi connectivity index (χ1) is 16.2. The van der Waals surface area contributed by atoms with Crippen molar-refractivity contribution in [2.45, 2.75) is 146 Å². The molecule has 2 aliphatic carbocycles. The van der Waals surface area contributed by atoms with Crippen molar-refractivity contribution in [2.24, 2.45) is 17.8 Å². The maximum Gasteiger partial charge on any atom is 0.0466 e. The Morgan fingerprint density at radius 2 is 1.00 bits per heavy atom. The molecule has 0 radical (unpaired) electrons. The van der Waals surface area contributed by atoms with Gasteiger partial charge in [0.25, 0.3) is 0 Å². The van der Waals surface area contributed by atoms with Gasteiger partial charge in [-0.15, -0.1) is 0 Å². The molecule has 1 nitrogen and oxygen atoms in total. The second-order valence-corrected chi connectivity index (χ2v) is 11.0. The molecule has 0 aromatic heterocycles. The molecule has 4 rings (SSSR count). The van der Waals surface area contributed by atoms with Crippen molar-refractivity contribution in [1.82, 2.24) is 0 Å². The number of hydrogen-bond acceptors (Lipinski definition) is 1. The normalized spacial score (nSPS) is 15.5. The van der Waals surface area contributed by atoms with E-state index in [0.717, 1.165) is 31.0 Å². The third-order valence-electron chi connectivity index (χ3n) is 4.82. The lowest BCUT2D eigenvalue weighted by molar-refractivity contribution is 0.198. The first-order valence-corrected chi connectivity index (χ1v) is 14.8. The lowest BCUT2D eigenvalue weighted by Crippen LogP contribution is -1.83. The van der Waals surface area contributed by atoms with Crippen LogP contribution in [0.3, 0.4) is 0 Å². The molecule has 0 N–H and O–H groups in total. The Morgan fingerprint density at radius 1 is 0.647 bits per heavy atom. The van der Waals surface area contributed by atoms with Crippen LogP contribution in [0.15, 0.2) is 30.3 Å².